The van der Waals surface area contributed by atoms with Crippen LogP contribution in [-0.4, -0.2) is 51.7 Å². The van der Waals surface area contributed by atoms with Crippen molar-refractivity contribution in [1.29, 1.82) is 0 Å². The molecule has 1 amide bonds. The number of thioether (sulfide) groups is 1. The Balaban J connectivity index is 1.51. The fraction of sp³-hybridized carbons (Fsp3) is 0.333. The maximum Gasteiger partial charge on any atom is 0.220 e. The van der Waals surface area contributed by atoms with Crippen LogP contribution in [0, 0.1) is 6.92 Å². The van der Waals surface area contributed by atoms with Gasteiger partial charge in [-0.05, 0) is 25.0 Å². The molecule has 0 aliphatic rings. The highest BCUT2D eigenvalue weighted by molar-refractivity contribution is 7.99. The van der Waals surface area contributed by atoms with Crippen LogP contribution in [0.25, 0.3) is 22.1 Å². The van der Waals surface area contributed by atoms with E-state index in [1.807, 2.05) is 12.1 Å². The smallest absolute Gasteiger partial charge is 0.220 e. The number of benzene rings is 2. The zero-order valence-corrected chi connectivity index (χ0v) is 19.2. The molecule has 2 aromatic carbocycles. The van der Waals surface area contributed by atoms with E-state index >= 15 is 0 Å². The first-order valence-corrected chi connectivity index (χ1v) is 11.7. The summed E-state index contributed by atoms with van der Waals surface area (Å²) in [6, 6.07) is 16.7. The molecule has 0 saturated heterocycles. The summed E-state index contributed by atoms with van der Waals surface area (Å²) in [5, 5.41) is 13.4. The molecular formula is C24H27N5O2S. The molecule has 0 radical (unpaired) electrons. The van der Waals surface area contributed by atoms with Crippen LogP contribution in [0.5, 0.6) is 0 Å². The zero-order valence-electron chi connectivity index (χ0n) is 18.4. The first kappa shape index (κ1) is 22.2. The van der Waals surface area contributed by atoms with Crippen LogP contribution >= 0.6 is 11.8 Å². The van der Waals surface area contributed by atoms with Gasteiger partial charge in [-0.3, -0.25) is 4.79 Å². The fourth-order valence-electron chi connectivity index (χ4n) is 3.68. The summed E-state index contributed by atoms with van der Waals surface area (Å²) >= 11 is 1.53. The summed E-state index contributed by atoms with van der Waals surface area (Å²) in [7, 11) is 1.62. The Kier molecular flexibility index (Phi) is 7.34. The fourth-order valence-corrected chi connectivity index (χ4v) is 4.40. The number of fused-ring (bicyclic) bond motifs is 3. The predicted octanol–water partition coefficient (Wildman–Crippen LogP) is 3.97. The van der Waals surface area contributed by atoms with Crippen LogP contribution in [0.2, 0.25) is 0 Å². The molecule has 0 fully saturated rings. The minimum atomic E-state index is 0.0374. The molecule has 0 unspecified atom stereocenters. The molecule has 4 aromatic rings. The Hall–Kier alpha value is -2.97. The van der Waals surface area contributed by atoms with Crippen molar-refractivity contribution in [2.24, 2.45) is 0 Å². The molecular weight excluding hydrogens is 422 g/mol. The summed E-state index contributed by atoms with van der Waals surface area (Å²) in [5.74, 6) is 0.790. The van der Waals surface area contributed by atoms with E-state index in [1.165, 1.54) is 22.9 Å². The van der Waals surface area contributed by atoms with Crippen LogP contribution in [0.3, 0.4) is 0 Å². The Morgan fingerprint density at radius 2 is 2.03 bits per heavy atom. The van der Waals surface area contributed by atoms with E-state index in [2.05, 4.69) is 63.4 Å². The van der Waals surface area contributed by atoms with Gasteiger partial charge in [0.2, 0.25) is 11.1 Å². The number of rotatable bonds is 10. The van der Waals surface area contributed by atoms with Crippen LogP contribution in [0.15, 0.2) is 53.7 Å². The van der Waals surface area contributed by atoms with Gasteiger partial charge < -0.3 is 14.6 Å². The SMILES string of the molecule is COCCNC(=O)CCCSc1nnc2c3ccccc3n(Cc3cccc(C)c3)c2n1. The third-order valence-corrected chi connectivity index (χ3v) is 6.11. The molecule has 0 saturated carbocycles. The van der Waals surface area contributed by atoms with Gasteiger partial charge in [-0.2, -0.15) is 0 Å². The number of aryl methyl sites for hydroxylation is 1. The number of nitrogens with one attached hydrogen (secondary N) is 1. The van der Waals surface area contributed by atoms with Gasteiger partial charge in [-0.1, -0.05) is 59.8 Å². The minimum Gasteiger partial charge on any atom is -0.383 e. The molecule has 8 heteroatoms. The minimum absolute atomic E-state index is 0.0374. The third-order valence-electron chi connectivity index (χ3n) is 5.19. The van der Waals surface area contributed by atoms with E-state index in [0.29, 0.717) is 24.7 Å². The summed E-state index contributed by atoms with van der Waals surface area (Å²) in [4.78, 5) is 16.7. The predicted molar refractivity (Wildman–Crippen MR) is 128 cm³/mol. The maximum absolute atomic E-state index is 11.8. The number of amides is 1. The monoisotopic (exact) mass is 449 g/mol. The molecule has 32 heavy (non-hydrogen) atoms. The second kappa shape index (κ2) is 10.6. The number of nitrogens with zero attached hydrogens (tertiary/aromatic N) is 4. The van der Waals surface area contributed by atoms with E-state index in [0.717, 1.165) is 40.8 Å². The number of methoxy groups -OCH3 is 1. The van der Waals surface area contributed by atoms with Crippen LogP contribution in [0.1, 0.15) is 24.0 Å². The van der Waals surface area contributed by atoms with Gasteiger partial charge in [-0.15, -0.1) is 10.2 Å². The van der Waals surface area contributed by atoms with Crippen LogP contribution in [-0.2, 0) is 16.1 Å². The van der Waals surface area contributed by atoms with Crippen molar-refractivity contribution in [3.05, 3.63) is 59.7 Å². The number of carbonyl (C=O) groups is 1. The van der Waals surface area contributed by atoms with Gasteiger partial charge in [-0.25, -0.2) is 4.98 Å². The topological polar surface area (TPSA) is 81.9 Å². The van der Waals surface area contributed by atoms with Crippen molar-refractivity contribution in [2.45, 2.75) is 31.5 Å². The molecule has 4 rings (SSSR count). The molecule has 0 bridgehead atoms. The second-order valence-electron chi connectivity index (χ2n) is 7.65. The van der Waals surface area contributed by atoms with Crippen molar-refractivity contribution in [1.82, 2.24) is 25.1 Å². The molecule has 1 N–H and O–H groups in total. The highest BCUT2D eigenvalue weighted by Crippen LogP contribution is 2.28. The van der Waals surface area contributed by atoms with E-state index in [1.54, 1.807) is 7.11 Å². The van der Waals surface area contributed by atoms with E-state index < -0.39 is 0 Å². The largest absolute Gasteiger partial charge is 0.383 e. The van der Waals surface area contributed by atoms with Gasteiger partial charge >= 0.3 is 0 Å². The second-order valence-corrected chi connectivity index (χ2v) is 8.72. The summed E-state index contributed by atoms with van der Waals surface area (Å²) in [6.07, 6.45) is 1.22. The number of aromatic nitrogens is 4. The number of hydrogen-bond acceptors (Lipinski definition) is 6. The van der Waals surface area contributed by atoms with Gasteiger partial charge in [0, 0.05) is 37.8 Å². The highest BCUT2D eigenvalue weighted by atomic mass is 32.2. The molecule has 7 nitrogen and oxygen atoms in total. The van der Waals surface area contributed by atoms with Crippen LogP contribution < -0.4 is 5.32 Å². The van der Waals surface area contributed by atoms with E-state index in [-0.39, 0.29) is 5.91 Å². The third kappa shape index (κ3) is 5.26. The highest BCUT2D eigenvalue weighted by Gasteiger charge is 2.15. The Labute approximate surface area is 191 Å². The normalized spacial score (nSPS) is 11.3. The Morgan fingerprint density at radius 3 is 2.88 bits per heavy atom. The summed E-state index contributed by atoms with van der Waals surface area (Å²) < 4.78 is 7.15. The van der Waals surface area contributed by atoms with E-state index in [4.69, 9.17) is 9.72 Å². The van der Waals surface area contributed by atoms with Crippen molar-refractivity contribution < 1.29 is 9.53 Å². The average Bonchev–Trinajstić information content (AvgIpc) is 3.10. The number of carbonyl (C=O) groups excluding carboxylic acids is 1. The van der Waals surface area contributed by atoms with Gasteiger partial charge in [0.1, 0.15) is 5.52 Å². The van der Waals surface area contributed by atoms with Crippen molar-refractivity contribution >= 4 is 39.7 Å². The molecule has 0 aliphatic carbocycles. The Bertz CT molecular complexity index is 1220. The molecule has 166 valence electrons. The van der Waals surface area contributed by atoms with Gasteiger partial charge in [0.05, 0.1) is 12.1 Å². The lowest BCUT2D eigenvalue weighted by molar-refractivity contribution is -0.121. The van der Waals surface area contributed by atoms with Gasteiger partial charge in [0.25, 0.3) is 0 Å². The molecule has 2 heterocycles. The molecule has 2 aromatic heterocycles. The first-order valence-electron chi connectivity index (χ1n) is 10.7. The van der Waals surface area contributed by atoms with Crippen molar-refractivity contribution in [3.8, 4) is 0 Å². The van der Waals surface area contributed by atoms with Gasteiger partial charge in [0.15, 0.2) is 5.65 Å². The maximum atomic E-state index is 11.8. The molecule has 0 atom stereocenters. The summed E-state index contributed by atoms with van der Waals surface area (Å²) in [5.41, 5.74) is 5.21. The lowest BCUT2D eigenvalue weighted by atomic mass is 10.1. The number of para-hydroxylation sites is 1. The molecule has 0 spiro atoms. The average molecular weight is 450 g/mol. The van der Waals surface area contributed by atoms with E-state index in [9.17, 15) is 4.79 Å². The van der Waals surface area contributed by atoms with Crippen LogP contribution in [0.4, 0.5) is 0 Å². The standard InChI is InChI=1S/C24H27N5O2S/c1-17-7-5-8-18(15-17)16-29-20-10-4-3-9-19(20)22-23(29)26-24(28-27-22)32-14-6-11-21(30)25-12-13-31-2/h3-5,7-10,15H,6,11-14,16H2,1-2H3,(H,25,30). The van der Waals surface area contributed by atoms with Crippen molar-refractivity contribution in [2.75, 3.05) is 26.0 Å². The van der Waals surface area contributed by atoms with Crippen molar-refractivity contribution in [3.63, 3.8) is 0 Å². The quantitative estimate of drug-likeness (QED) is 0.291. The summed E-state index contributed by atoms with van der Waals surface area (Å²) in [6.45, 7) is 3.88. The zero-order chi connectivity index (χ0) is 22.3. The number of hydrogen-bond donors (Lipinski definition) is 1. The lowest BCUT2D eigenvalue weighted by Crippen LogP contribution is -2.26. The molecule has 0 aliphatic heterocycles. The number of ether oxygens (including phenoxy) is 1. The first-order chi connectivity index (χ1) is 15.7. The Morgan fingerprint density at radius 1 is 1.16 bits per heavy atom. The lowest BCUT2D eigenvalue weighted by Gasteiger charge is -2.08.